The van der Waals surface area contributed by atoms with Crippen molar-refractivity contribution in [2.45, 2.75) is 19.6 Å². The van der Waals surface area contributed by atoms with E-state index in [0.717, 1.165) is 11.1 Å². The zero-order chi connectivity index (χ0) is 16.8. The van der Waals surface area contributed by atoms with Gasteiger partial charge in [0.1, 0.15) is 19.2 Å². The second-order valence-electron chi connectivity index (χ2n) is 5.31. The molecule has 0 radical (unpaired) electrons. The third-order valence-corrected chi connectivity index (χ3v) is 3.61. The first-order valence-corrected chi connectivity index (χ1v) is 7.54. The van der Waals surface area contributed by atoms with Gasteiger partial charge in [-0.25, -0.2) is 9.67 Å². The summed E-state index contributed by atoms with van der Waals surface area (Å²) >= 11 is 0. The number of hydrogen-bond acceptors (Lipinski definition) is 4. The smallest absolute Gasteiger partial charge is 0.250 e. The molecule has 2 heterocycles. The van der Waals surface area contributed by atoms with Crippen LogP contribution in [0.5, 0.6) is 0 Å². The fraction of sp³-hybridized carbons (Fsp3) is 0.176. The van der Waals surface area contributed by atoms with Gasteiger partial charge in [0.25, 0.3) is 5.56 Å². The van der Waals surface area contributed by atoms with E-state index < -0.39 is 0 Å². The quantitative estimate of drug-likeness (QED) is 0.727. The van der Waals surface area contributed by atoms with E-state index in [1.807, 2.05) is 24.3 Å². The largest absolute Gasteiger partial charge is 0.350 e. The van der Waals surface area contributed by atoms with Crippen LogP contribution in [0.15, 0.2) is 66.1 Å². The number of hydrogen-bond donors (Lipinski definition) is 1. The fourth-order valence-electron chi connectivity index (χ4n) is 2.37. The number of rotatable bonds is 6. The predicted molar refractivity (Wildman–Crippen MR) is 88.1 cm³/mol. The highest BCUT2D eigenvalue weighted by Crippen LogP contribution is 2.10. The Balaban J connectivity index is 1.63. The van der Waals surface area contributed by atoms with Gasteiger partial charge in [-0.05, 0) is 17.2 Å². The van der Waals surface area contributed by atoms with Crippen LogP contribution in [0.2, 0.25) is 0 Å². The van der Waals surface area contributed by atoms with E-state index in [4.69, 9.17) is 0 Å². The number of carbonyl (C=O) groups is 1. The fourth-order valence-corrected chi connectivity index (χ4v) is 2.37. The van der Waals surface area contributed by atoms with Crippen LogP contribution < -0.4 is 10.9 Å². The Bertz CT molecular complexity index is 870. The van der Waals surface area contributed by atoms with Crippen molar-refractivity contribution in [2.24, 2.45) is 0 Å². The highest BCUT2D eigenvalue weighted by atomic mass is 16.2. The molecule has 0 saturated heterocycles. The Kier molecular flexibility index (Phi) is 4.81. The van der Waals surface area contributed by atoms with Gasteiger partial charge < -0.3 is 9.88 Å². The van der Waals surface area contributed by atoms with Crippen molar-refractivity contribution in [1.29, 1.82) is 0 Å². The summed E-state index contributed by atoms with van der Waals surface area (Å²) in [5, 5.41) is 6.94. The lowest BCUT2D eigenvalue weighted by atomic mass is 10.1. The minimum atomic E-state index is -0.209. The van der Waals surface area contributed by atoms with Crippen molar-refractivity contribution >= 4 is 5.91 Å². The van der Waals surface area contributed by atoms with Crippen LogP contribution in [0.25, 0.3) is 0 Å². The van der Waals surface area contributed by atoms with Crippen molar-refractivity contribution in [3.63, 3.8) is 0 Å². The van der Waals surface area contributed by atoms with Gasteiger partial charge >= 0.3 is 0 Å². The zero-order valence-electron chi connectivity index (χ0n) is 13.0. The summed E-state index contributed by atoms with van der Waals surface area (Å²) in [6.07, 6.45) is 4.74. The normalized spacial score (nSPS) is 10.5. The second-order valence-corrected chi connectivity index (χ2v) is 5.31. The molecule has 0 unspecified atom stereocenters. The first-order chi connectivity index (χ1) is 11.7. The lowest BCUT2D eigenvalue weighted by Crippen LogP contribution is -2.31. The first kappa shape index (κ1) is 15.7. The number of nitrogens with one attached hydrogen (secondary N) is 1. The Morgan fingerprint density at radius 2 is 1.88 bits per heavy atom. The molecule has 1 amide bonds. The monoisotopic (exact) mass is 323 g/mol. The van der Waals surface area contributed by atoms with Crippen LogP contribution in [0, 0.1) is 0 Å². The molecule has 0 bridgehead atoms. The van der Waals surface area contributed by atoms with E-state index in [0.29, 0.717) is 13.1 Å². The zero-order valence-corrected chi connectivity index (χ0v) is 13.0. The molecular formula is C17H17N5O2. The van der Waals surface area contributed by atoms with Gasteiger partial charge in [0, 0.05) is 18.8 Å². The van der Waals surface area contributed by atoms with Crippen LogP contribution in [0.4, 0.5) is 0 Å². The van der Waals surface area contributed by atoms with E-state index in [-0.39, 0.29) is 18.0 Å². The number of amides is 1. The van der Waals surface area contributed by atoms with Gasteiger partial charge in [0.05, 0.1) is 6.54 Å². The average Bonchev–Trinajstić information content (AvgIpc) is 3.09. The molecule has 0 aliphatic heterocycles. The summed E-state index contributed by atoms with van der Waals surface area (Å²) in [5.74, 6) is -0.209. The molecule has 7 nitrogen and oxygen atoms in total. The molecule has 24 heavy (non-hydrogen) atoms. The van der Waals surface area contributed by atoms with Crippen LogP contribution in [0.1, 0.15) is 11.1 Å². The molecule has 122 valence electrons. The highest BCUT2D eigenvalue weighted by molar-refractivity contribution is 5.75. The summed E-state index contributed by atoms with van der Waals surface area (Å²) in [4.78, 5) is 27.6. The number of aromatic nitrogens is 4. The maximum Gasteiger partial charge on any atom is 0.250 e. The summed E-state index contributed by atoms with van der Waals surface area (Å²) in [6, 6.07) is 12.6. The molecule has 7 heteroatoms. The highest BCUT2D eigenvalue weighted by Gasteiger charge is 2.07. The molecule has 0 saturated carbocycles. The minimum absolute atomic E-state index is 0.00488. The summed E-state index contributed by atoms with van der Waals surface area (Å²) in [6.45, 7) is 0.986. The second kappa shape index (κ2) is 7.36. The molecule has 0 aliphatic carbocycles. The molecule has 3 rings (SSSR count). The molecule has 0 spiro atoms. The Morgan fingerprint density at radius 3 is 2.62 bits per heavy atom. The minimum Gasteiger partial charge on any atom is -0.350 e. The standard InChI is InChI=1S/C17H17N5O2/c23-16(11-21-8-4-3-7-17(21)24)19-9-14-5-1-2-6-15(14)10-22-13-18-12-20-22/h1-8,12-13H,9-11H2,(H,19,23). The van der Waals surface area contributed by atoms with Crippen LogP contribution >= 0.6 is 0 Å². The third kappa shape index (κ3) is 3.95. The van der Waals surface area contributed by atoms with Gasteiger partial charge in [0.15, 0.2) is 0 Å². The van der Waals surface area contributed by atoms with Crippen molar-refractivity contribution in [1.82, 2.24) is 24.6 Å². The SMILES string of the molecule is O=C(Cn1ccccc1=O)NCc1ccccc1Cn1cncn1. The van der Waals surface area contributed by atoms with E-state index in [1.54, 1.807) is 29.3 Å². The van der Waals surface area contributed by atoms with Crippen molar-refractivity contribution < 1.29 is 4.79 Å². The molecule has 2 aromatic heterocycles. The van der Waals surface area contributed by atoms with Gasteiger partial charge in [-0.1, -0.05) is 30.3 Å². The Hall–Kier alpha value is -3.22. The topological polar surface area (TPSA) is 81.8 Å². The van der Waals surface area contributed by atoms with Crippen molar-refractivity contribution in [3.05, 3.63) is 82.8 Å². The lowest BCUT2D eigenvalue weighted by Gasteiger charge is -2.11. The molecule has 1 aromatic carbocycles. The van der Waals surface area contributed by atoms with E-state index in [1.165, 1.54) is 17.0 Å². The maximum absolute atomic E-state index is 12.1. The molecule has 0 aliphatic rings. The van der Waals surface area contributed by atoms with E-state index in [9.17, 15) is 9.59 Å². The lowest BCUT2D eigenvalue weighted by molar-refractivity contribution is -0.121. The van der Waals surface area contributed by atoms with E-state index >= 15 is 0 Å². The van der Waals surface area contributed by atoms with Crippen LogP contribution in [0.3, 0.4) is 0 Å². The summed E-state index contributed by atoms with van der Waals surface area (Å²) in [5.41, 5.74) is 1.86. The van der Waals surface area contributed by atoms with Gasteiger partial charge in [0.2, 0.25) is 5.91 Å². The molecule has 0 fully saturated rings. The Morgan fingerprint density at radius 1 is 1.08 bits per heavy atom. The third-order valence-electron chi connectivity index (χ3n) is 3.61. The van der Waals surface area contributed by atoms with Crippen molar-refractivity contribution in [3.8, 4) is 0 Å². The van der Waals surface area contributed by atoms with Crippen LogP contribution in [-0.4, -0.2) is 25.2 Å². The first-order valence-electron chi connectivity index (χ1n) is 7.54. The molecule has 3 aromatic rings. The molecular weight excluding hydrogens is 306 g/mol. The predicted octanol–water partition coefficient (Wildman–Crippen LogP) is 0.804. The van der Waals surface area contributed by atoms with Gasteiger partial charge in [-0.15, -0.1) is 0 Å². The van der Waals surface area contributed by atoms with Crippen molar-refractivity contribution in [2.75, 3.05) is 0 Å². The van der Waals surface area contributed by atoms with Gasteiger partial charge in [-0.3, -0.25) is 9.59 Å². The maximum atomic E-state index is 12.1. The number of pyridine rings is 1. The number of benzene rings is 1. The summed E-state index contributed by atoms with van der Waals surface area (Å²) < 4.78 is 3.10. The molecule has 1 N–H and O–H groups in total. The summed E-state index contributed by atoms with van der Waals surface area (Å²) in [7, 11) is 0. The van der Waals surface area contributed by atoms with Crippen LogP contribution in [-0.2, 0) is 24.4 Å². The number of carbonyl (C=O) groups excluding carboxylic acids is 1. The number of nitrogens with zero attached hydrogens (tertiary/aromatic N) is 4. The molecule has 0 atom stereocenters. The Labute approximate surface area is 138 Å². The van der Waals surface area contributed by atoms with E-state index in [2.05, 4.69) is 15.4 Å². The van der Waals surface area contributed by atoms with Gasteiger partial charge in [-0.2, -0.15) is 5.10 Å². The average molecular weight is 323 g/mol.